The highest BCUT2D eigenvalue weighted by molar-refractivity contribution is 5.77. The molecule has 1 amide bonds. The molecular formula is C17H22FN3O3. The van der Waals surface area contributed by atoms with Crippen molar-refractivity contribution in [2.24, 2.45) is 0 Å². The largest absolute Gasteiger partial charge is 0.465 e. The highest BCUT2D eigenvalue weighted by atomic mass is 19.1. The van der Waals surface area contributed by atoms with E-state index in [9.17, 15) is 9.18 Å². The molecule has 1 aromatic carbocycles. The number of hydrogen-bond acceptors (Lipinski definition) is 4. The van der Waals surface area contributed by atoms with Crippen LogP contribution in [0, 0.1) is 0 Å². The van der Waals surface area contributed by atoms with E-state index in [0.29, 0.717) is 17.5 Å². The SMILES string of the molecule is CCCCc1nc2ccc(N(C)C/C(=C/F)CNC(=O)O)cc2o1. The number of aromatic nitrogens is 1. The molecule has 2 aromatic rings. The van der Waals surface area contributed by atoms with Crippen LogP contribution in [0.5, 0.6) is 0 Å². The number of anilines is 1. The Morgan fingerprint density at radius 1 is 1.50 bits per heavy atom. The number of benzene rings is 1. The molecule has 7 heteroatoms. The smallest absolute Gasteiger partial charge is 0.404 e. The van der Waals surface area contributed by atoms with Gasteiger partial charge in [-0.2, -0.15) is 0 Å². The summed E-state index contributed by atoms with van der Waals surface area (Å²) in [6.45, 7) is 2.33. The van der Waals surface area contributed by atoms with Crippen LogP contribution in [-0.4, -0.2) is 36.3 Å². The summed E-state index contributed by atoms with van der Waals surface area (Å²) < 4.78 is 18.7. The van der Waals surface area contributed by atoms with E-state index in [4.69, 9.17) is 9.52 Å². The summed E-state index contributed by atoms with van der Waals surface area (Å²) in [6.07, 6.45) is 2.17. The molecular weight excluding hydrogens is 313 g/mol. The third-order valence-electron chi connectivity index (χ3n) is 3.66. The third kappa shape index (κ3) is 4.71. The van der Waals surface area contributed by atoms with Gasteiger partial charge in [-0.3, -0.25) is 0 Å². The Bertz CT molecular complexity index is 727. The van der Waals surface area contributed by atoms with Crippen molar-refractivity contribution in [2.75, 3.05) is 25.0 Å². The lowest BCUT2D eigenvalue weighted by atomic mass is 10.2. The summed E-state index contributed by atoms with van der Waals surface area (Å²) in [4.78, 5) is 16.8. The number of rotatable bonds is 8. The fourth-order valence-corrected chi connectivity index (χ4v) is 2.35. The Morgan fingerprint density at radius 3 is 2.96 bits per heavy atom. The van der Waals surface area contributed by atoms with Crippen LogP contribution in [0.25, 0.3) is 11.1 Å². The predicted octanol–water partition coefficient (Wildman–Crippen LogP) is 3.73. The first kappa shape index (κ1) is 17.8. The van der Waals surface area contributed by atoms with Crippen LogP contribution < -0.4 is 10.2 Å². The molecule has 6 nitrogen and oxygen atoms in total. The fraction of sp³-hybridized carbons (Fsp3) is 0.412. The number of hydrogen-bond donors (Lipinski definition) is 2. The molecule has 0 bridgehead atoms. The average molecular weight is 335 g/mol. The van der Waals surface area contributed by atoms with Crippen LogP contribution in [0.4, 0.5) is 14.9 Å². The second kappa shape index (κ2) is 8.33. The molecule has 130 valence electrons. The number of fused-ring (bicyclic) bond motifs is 1. The van der Waals surface area contributed by atoms with Crippen LogP contribution in [0.1, 0.15) is 25.7 Å². The summed E-state index contributed by atoms with van der Waals surface area (Å²) in [7, 11) is 1.81. The number of oxazole rings is 1. The number of nitrogens with one attached hydrogen (secondary N) is 1. The van der Waals surface area contributed by atoms with Gasteiger partial charge in [0.1, 0.15) is 5.52 Å². The molecule has 2 N–H and O–H groups in total. The highest BCUT2D eigenvalue weighted by Crippen LogP contribution is 2.23. The maximum Gasteiger partial charge on any atom is 0.404 e. The molecule has 2 rings (SSSR count). The maximum atomic E-state index is 12.9. The van der Waals surface area contributed by atoms with Crippen LogP contribution in [0.15, 0.2) is 34.5 Å². The Morgan fingerprint density at radius 2 is 2.29 bits per heavy atom. The number of unbranched alkanes of at least 4 members (excludes halogenated alkanes) is 1. The van der Waals surface area contributed by atoms with Gasteiger partial charge in [0.15, 0.2) is 11.5 Å². The van der Waals surface area contributed by atoms with Gasteiger partial charge in [0.2, 0.25) is 0 Å². The van der Waals surface area contributed by atoms with Crippen molar-refractivity contribution in [2.45, 2.75) is 26.2 Å². The Kier molecular flexibility index (Phi) is 6.17. The lowest BCUT2D eigenvalue weighted by Gasteiger charge is -2.20. The molecule has 0 aliphatic rings. The third-order valence-corrected chi connectivity index (χ3v) is 3.66. The summed E-state index contributed by atoms with van der Waals surface area (Å²) in [5.41, 5.74) is 2.67. The Hall–Kier alpha value is -2.57. The molecule has 24 heavy (non-hydrogen) atoms. The molecule has 0 aliphatic heterocycles. The quantitative estimate of drug-likeness (QED) is 0.768. The maximum absolute atomic E-state index is 12.9. The van der Waals surface area contributed by atoms with Crippen molar-refractivity contribution in [3.63, 3.8) is 0 Å². The minimum Gasteiger partial charge on any atom is -0.465 e. The Balaban J connectivity index is 2.08. The van der Waals surface area contributed by atoms with Gasteiger partial charge in [0.05, 0.1) is 6.33 Å². The van der Waals surface area contributed by atoms with Gasteiger partial charge in [0, 0.05) is 38.3 Å². The van der Waals surface area contributed by atoms with Gasteiger partial charge >= 0.3 is 6.09 Å². The molecule has 0 radical (unpaired) electrons. The van der Waals surface area contributed by atoms with Gasteiger partial charge in [-0.05, 0) is 24.1 Å². The molecule has 0 fully saturated rings. The summed E-state index contributed by atoms with van der Waals surface area (Å²) in [5, 5.41) is 10.8. The number of likely N-dealkylation sites (N-methyl/N-ethyl adjacent to an activating group) is 1. The zero-order valence-electron chi connectivity index (χ0n) is 13.9. The first-order valence-corrected chi connectivity index (χ1v) is 7.89. The minimum atomic E-state index is -1.18. The zero-order valence-corrected chi connectivity index (χ0v) is 13.9. The first-order chi connectivity index (χ1) is 11.5. The molecule has 0 aliphatic carbocycles. The lowest BCUT2D eigenvalue weighted by molar-refractivity contribution is 0.195. The molecule has 0 saturated heterocycles. The summed E-state index contributed by atoms with van der Waals surface area (Å²) in [5.74, 6) is 0.724. The van der Waals surface area contributed by atoms with Crippen molar-refractivity contribution in [1.29, 1.82) is 0 Å². The lowest BCUT2D eigenvalue weighted by Crippen LogP contribution is -2.29. The van der Waals surface area contributed by atoms with E-state index in [2.05, 4.69) is 17.2 Å². The molecule has 1 aromatic heterocycles. The molecule has 0 unspecified atom stereocenters. The first-order valence-electron chi connectivity index (χ1n) is 7.89. The van der Waals surface area contributed by atoms with Crippen molar-refractivity contribution in [3.8, 4) is 0 Å². The van der Waals surface area contributed by atoms with E-state index in [1.807, 2.05) is 23.1 Å². The van der Waals surface area contributed by atoms with E-state index in [-0.39, 0.29) is 13.1 Å². The van der Waals surface area contributed by atoms with Gasteiger partial charge < -0.3 is 19.7 Å². The van der Waals surface area contributed by atoms with Gasteiger partial charge in [-0.1, -0.05) is 13.3 Å². The number of nitrogens with zero attached hydrogens (tertiary/aromatic N) is 2. The monoisotopic (exact) mass is 335 g/mol. The van der Waals surface area contributed by atoms with Crippen molar-refractivity contribution in [1.82, 2.24) is 10.3 Å². The molecule has 1 heterocycles. The van der Waals surface area contributed by atoms with Crippen LogP contribution in [0.3, 0.4) is 0 Å². The summed E-state index contributed by atoms with van der Waals surface area (Å²) in [6, 6.07) is 5.61. The van der Waals surface area contributed by atoms with Crippen LogP contribution >= 0.6 is 0 Å². The van der Waals surface area contributed by atoms with E-state index < -0.39 is 6.09 Å². The van der Waals surface area contributed by atoms with Crippen LogP contribution in [-0.2, 0) is 6.42 Å². The Labute approximate surface area is 140 Å². The fourth-order valence-electron chi connectivity index (χ4n) is 2.35. The van der Waals surface area contributed by atoms with Crippen molar-refractivity contribution in [3.05, 3.63) is 36.0 Å². The normalized spacial score (nSPS) is 11.7. The molecule has 0 saturated carbocycles. The van der Waals surface area contributed by atoms with Crippen molar-refractivity contribution < 1.29 is 18.7 Å². The van der Waals surface area contributed by atoms with Crippen molar-refractivity contribution >= 4 is 22.9 Å². The molecule has 0 spiro atoms. The van der Waals surface area contributed by atoms with Gasteiger partial charge in [-0.25, -0.2) is 14.2 Å². The standard InChI is InChI=1S/C17H22FN3O3/c1-3-4-5-16-20-14-7-6-13(8-15(14)24-16)21(2)11-12(9-18)10-19-17(22)23/h6-9,19H,3-5,10-11H2,1-2H3,(H,22,23)/b12-9+. The van der Waals surface area contributed by atoms with Gasteiger partial charge in [-0.15, -0.1) is 0 Å². The topological polar surface area (TPSA) is 78.6 Å². The van der Waals surface area contributed by atoms with Gasteiger partial charge in [0.25, 0.3) is 0 Å². The second-order valence-corrected chi connectivity index (χ2v) is 5.65. The average Bonchev–Trinajstić information content (AvgIpc) is 2.98. The van der Waals surface area contributed by atoms with E-state index in [1.165, 1.54) is 0 Å². The number of halogens is 1. The number of aryl methyl sites for hydroxylation is 1. The zero-order chi connectivity index (χ0) is 17.5. The molecule has 0 atom stereocenters. The highest BCUT2D eigenvalue weighted by Gasteiger charge is 2.10. The summed E-state index contributed by atoms with van der Waals surface area (Å²) >= 11 is 0. The minimum absolute atomic E-state index is 0.0537. The van der Waals surface area contributed by atoms with Crippen LogP contribution in [0.2, 0.25) is 0 Å². The van der Waals surface area contributed by atoms with E-state index >= 15 is 0 Å². The predicted molar refractivity (Wildman–Crippen MR) is 91.1 cm³/mol. The number of amides is 1. The number of carboxylic acid groups (broad SMARTS) is 1. The number of carbonyl (C=O) groups is 1. The van der Waals surface area contributed by atoms with E-state index in [0.717, 1.165) is 36.4 Å². The van der Waals surface area contributed by atoms with E-state index in [1.54, 1.807) is 7.05 Å². The second-order valence-electron chi connectivity index (χ2n) is 5.65.